The standard InChI is InChI=1S/C18H19FIN3O5/c19-12-6-10(20)3-4-13(12)21-14-7-16(26)23-5-1-2-15(23)17(14)18(27)22-28-9-11(25)8-24/h3-4,6-7,11,21,24-25H,1-2,5,8-9H2,(H,22,27)/t11-/m0/s1. The maximum atomic E-state index is 14.2. The molecule has 0 aliphatic carbocycles. The van der Waals surface area contributed by atoms with Crippen LogP contribution in [0.15, 0.2) is 29.1 Å². The molecule has 1 aromatic heterocycles. The first-order valence-electron chi connectivity index (χ1n) is 8.60. The van der Waals surface area contributed by atoms with Gasteiger partial charge in [-0.15, -0.1) is 0 Å². The molecule has 0 radical (unpaired) electrons. The highest BCUT2D eigenvalue weighted by Crippen LogP contribution is 2.28. The number of hydrogen-bond donors (Lipinski definition) is 4. The number of hydroxylamine groups is 1. The molecule has 28 heavy (non-hydrogen) atoms. The molecule has 1 atom stereocenters. The topological polar surface area (TPSA) is 113 Å². The van der Waals surface area contributed by atoms with Gasteiger partial charge in [0.2, 0.25) is 0 Å². The Bertz CT molecular complexity index is 950. The quantitative estimate of drug-likeness (QED) is 0.335. The lowest BCUT2D eigenvalue weighted by Crippen LogP contribution is -2.32. The predicted octanol–water partition coefficient (Wildman–Crippen LogP) is 1.30. The molecule has 8 nitrogen and oxygen atoms in total. The van der Waals surface area contributed by atoms with E-state index in [0.29, 0.717) is 28.7 Å². The number of aromatic nitrogens is 1. The third-order valence-corrected chi connectivity index (χ3v) is 4.96. The minimum Gasteiger partial charge on any atom is -0.394 e. The van der Waals surface area contributed by atoms with E-state index in [0.717, 1.165) is 0 Å². The number of carbonyl (C=O) groups excluding carboxylic acids is 1. The summed E-state index contributed by atoms with van der Waals surface area (Å²) < 4.78 is 16.5. The van der Waals surface area contributed by atoms with E-state index in [1.165, 1.54) is 22.8 Å². The summed E-state index contributed by atoms with van der Waals surface area (Å²) in [6.45, 7) is -0.312. The van der Waals surface area contributed by atoms with E-state index >= 15 is 0 Å². The Morgan fingerprint density at radius 1 is 1.36 bits per heavy atom. The van der Waals surface area contributed by atoms with E-state index in [-0.39, 0.29) is 29.1 Å². The van der Waals surface area contributed by atoms with Crippen molar-refractivity contribution in [3.8, 4) is 0 Å². The Labute approximate surface area is 173 Å². The number of halogens is 2. The summed E-state index contributed by atoms with van der Waals surface area (Å²) in [4.78, 5) is 30.0. The zero-order valence-corrected chi connectivity index (χ0v) is 16.9. The van der Waals surface area contributed by atoms with Gasteiger partial charge in [0.05, 0.1) is 23.5 Å². The van der Waals surface area contributed by atoms with Crippen molar-refractivity contribution in [1.82, 2.24) is 10.0 Å². The highest BCUT2D eigenvalue weighted by atomic mass is 127. The fourth-order valence-corrected chi connectivity index (χ4v) is 3.45. The number of anilines is 2. The number of amides is 1. The second-order valence-electron chi connectivity index (χ2n) is 6.30. The monoisotopic (exact) mass is 503 g/mol. The number of hydrogen-bond acceptors (Lipinski definition) is 6. The van der Waals surface area contributed by atoms with Crippen LogP contribution in [0.25, 0.3) is 0 Å². The number of nitrogens with one attached hydrogen (secondary N) is 2. The van der Waals surface area contributed by atoms with E-state index in [4.69, 9.17) is 9.94 Å². The van der Waals surface area contributed by atoms with Crippen LogP contribution in [-0.2, 0) is 17.8 Å². The van der Waals surface area contributed by atoms with Gasteiger partial charge in [0.15, 0.2) is 0 Å². The Morgan fingerprint density at radius 2 is 2.14 bits per heavy atom. The molecular formula is C18H19FIN3O5. The largest absolute Gasteiger partial charge is 0.394 e. The van der Waals surface area contributed by atoms with Crippen molar-refractivity contribution in [2.24, 2.45) is 0 Å². The first-order chi connectivity index (χ1) is 13.4. The number of rotatable bonds is 7. The number of carbonyl (C=O) groups is 1. The molecule has 0 saturated heterocycles. The molecule has 1 aliphatic heterocycles. The lowest BCUT2D eigenvalue weighted by molar-refractivity contribution is -0.0295. The van der Waals surface area contributed by atoms with Gasteiger partial charge >= 0.3 is 0 Å². The molecule has 2 aromatic rings. The van der Waals surface area contributed by atoms with Crippen LogP contribution in [0.2, 0.25) is 0 Å². The molecule has 3 rings (SSSR count). The zero-order chi connectivity index (χ0) is 20.3. The summed E-state index contributed by atoms with van der Waals surface area (Å²) in [6, 6.07) is 5.81. The maximum Gasteiger partial charge on any atom is 0.278 e. The fraction of sp³-hybridized carbons (Fsp3) is 0.333. The molecule has 0 spiro atoms. The highest BCUT2D eigenvalue weighted by molar-refractivity contribution is 14.1. The lowest BCUT2D eigenvalue weighted by Gasteiger charge is -2.17. The van der Waals surface area contributed by atoms with Crippen molar-refractivity contribution in [2.75, 3.05) is 18.5 Å². The number of nitrogens with zero attached hydrogens (tertiary/aromatic N) is 1. The van der Waals surface area contributed by atoms with Crippen molar-refractivity contribution in [3.05, 3.63) is 55.3 Å². The van der Waals surface area contributed by atoms with Crippen LogP contribution in [0.5, 0.6) is 0 Å². The Hall–Kier alpha value is -2.02. The third-order valence-electron chi connectivity index (χ3n) is 4.29. The van der Waals surface area contributed by atoms with Gasteiger partial charge < -0.3 is 20.1 Å². The van der Waals surface area contributed by atoms with Gasteiger partial charge in [-0.3, -0.25) is 14.4 Å². The molecule has 1 amide bonds. The molecule has 0 bridgehead atoms. The van der Waals surface area contributed by atoms with Crippen LogP contribution in [0.4, 0.5) is 15.8 Å². The van der Waals surface area contributed by atoms with Crippen LogP contribution in [0, 0.1) is 9.39 Å². The molecule has 10 heteroatoms. The van der Waals surface area contributed by atoms with E-state index in [2.05, 4.69) is 10.8 Å². The first-order valence-corrected chi connectivity index (χ1v) is 9.68. The molecular weight excluding hydrogens is 484 g/mol. The maximum absolute atomic E-state index is 14.2. The number of fused-ring (bicyclic) bond motifs is 1. The van der Waals surface area contributed by atoms with Crippen molar-refractivity contribution < 1.29 is 24.2 Å². The van der Waals surface area contributed by atoms with Gasteiger partial charge in [0, 0.05) is 21.9 Å². The van der Waals surface area contributed by atoms with Gasteiger partial charge in [-0.2, -0.15) is 0 Å². The Kier molecular flexibility index (Phi) is 6.65. The molecule has 0 fully saturated rings. The SMILES string of the molecule is O=C(NOC[C@@H](O)CO)c1c(Nc2ccc(I)cc2F)cc(=O)n2c1CCC2. The van der Waals surface area contributed by atoms with Crippen LogP contribution in [0.3, 0.4) is 0 Å². The van der Waals surface area contributed by atoms with E-state index in [9.17, 15) is 19.1 Å². The Morgan fingerprint density at radius 3 is 2.86 bits per heavy atom. The minimum atomic E-state index is -1.14. The van der Waals surface area contributed by atoms with Gasteiger partial charge in [-0.05, 0) is 53.6 Å². The number of pyridine rings is 1. The van der Waals surface area contributed by atoms with E-state index in [1.807, 2.05) is 22.6 Å². The second kappa shape index (κ2) is 8.99. The summed E-state index contributed by atoms with van der Waals surface area (Å²) >= 11 is 1.98. The second-order valence-corrected chi connectivity index (χ2v) is 7.55. The van der Waals surface area contributed by atoms with Gasteiger partial charge in [0.1, 0.15) is 18.5 Å². The molecule has 150 valence electrons. The molecule has 1 aromatic carbocycles. The first kappa shape index (κ1) is 20.7. The van der Waals surface area contributed by atoms with Gasteiger partial charge in [-0.25, -0.2) is 9.87 Å². The zero-order valence-electron chi connectivity index (χ0n) is 14.7. The summed E-state index contributed by atoms with van der Waals surface area (Å²) in [5.74, 6) is -1.15. The van der Waals surface area contributed by atoms with Crippen molar-refractivity contribution in [1.29, 1.82) is 0 Å². The third kappa shape index (κ3) is 4.51. The summed E-state index contributed by atoms with van der Waals surface area (Å²) in [5.41, 5.74) is 2.93. The van der Waals surface area contributed by atoms with E-state index < -0.39 is 24.4 Å². The van der Waals surface area contributed by atoms with Crippen LogP contribution < -0.4 is 16.4 Å². The summed E-state index contributed by atoms with van der Waals surface area (Å²) in [7, 11) is 0. The number of aliphatic hydroxyl groups is 2. The van der Waals surface area contributed by atoms with E-state index in [1.54, 1.807) is 6.07 Å². The highest BCUT2D eigenvalue weighted by Gasteiger charge is 2.25. The Balaban J connectivity index is 1.94. The van der Waals surface area contributed by atoms with Crippen LogP contribution in [0.1, 0.15) is 22.5 Å². The summed E-state index contributed by atoms with van der Waals surface area (Å²) in [6.07, 6.45) is 0.0889. The molecule has 2 heterocycles. The number of benzene rings is 1. The van der Waals surface area contributed by atoms with Crippen LogP contribution >= 0.6 is 22.6 Å². The smallest absolute Gasteiger partial charge is 0.278 e. The molecule has 4 N–H and O–H groups in total. The van der Waals surface area contributed by atoms with Crippen LogP contribution in [-0.4, -0.2) is 40.0 Å². The molecule has 0 saturated carbocycles. The van der Waals surface area contributed by atoms with Gasteiger partial charge in [0.25, 0.3) is 11.5 Å². The van der Waals surface area contributed by atoms with Crippen molar-refractivity contribution in [3.63, 3.8) is 0 Å². The summed E-state index contributed by atoms with van der Waals surface area (Å²) in [5, 5.41) is 20.9. The average molecular weight is 503 g/mol. The molecule has 0 unspecified atom stereocenters. The normalized spacial score (nSPS) is 13.9. The predicted molar refractivity (Wildman–Crippen MR) is 108 cm³/mol. The van der Waals surface area contributed by atoms with Gasteiger partial charge in [-0.1, -0.05) is 0 Å². The average Bonchev–Trinajstić information content (AvgIpc) is 3.14. The number of aliphatic hydroxyl groups excluding tert-OH is 2. The van der Waals surface area contributed by atoms with Crippen molar-refractivity contribution >= 4 is 39.9 Å². The lowest BCUT2D eigenvalue weighted by atomic mass is 10.1. The minimum absolute atomic E-state index is 0.133. The molecule has 1 aliphatic rings. The van der Waals surface area contributed by atoms with Crippen molar-refractivity contribution in [2.45, 2.75) is 25.5 Å². The fourth-order valence-electron chi connectivity index (χ4n) is 3.00.